The van der Waals surface area contributed by atoms with Gasteiger partial charge in [0.2, 0.25) is 5.91 Å². The van der Waals surface area contributed by atoms with Gasteiger partial charge in [0, 0.05) is 17.3 Å². The Hall–Kier alpha value is -3.04. The molecule has 0 atom stereocenters. The number of ether oxygens (including phenoxy) is 1. The molecule has 1 amide bonds. The number of rotatable bonds is 6. The molecule has 29 heavy (non-hydrogen) atoms. The summed E-state index contributed by atoms with van der Waals surface area (Å²) in [6.07, 6.45) is 1.45. The Morgan fingerprint density at radius 1 is 1.21 bits per heavy atom. The van der Waals surface area contributed by atoms with E-state index in [1.54, 1.807) is 31.4 Å². The smallest absolute Gasteiger partial charge is 0.234 e. The molecule has 2 aromatic heterocycles. The summed E-state index contributed by atoms with van der Waals surface area (Å²) < 4.78 is 23.6. The van der Waals surface area contributed by atoms with Crippen molar-refractivity contribution < 1.29 is 13.9 Å². The predicted molar refractivity (Wildman–Crippen MR) is 113 cm³/mol. The van der Waals surface area contributed by atoms with Crippen LogP contribution < -0.4 is 10.1 Å². The Bertz CT molecular complexity index is 1160. The Kier molecular flexibility index (Phi) is 5.68. The predicted octanol–water partition coefficient (Wildman–Crippen LogP) is 4.63. The van der Waals surface area contributed by atoms with Crippen LogP contribution in [0.3, 0.4) is 0 Å². The van der Waals surface area contributed by atoms with Crippen molar-refractivity contribution in [1.29, 1.82) is 0 Å². The summed E-state index contributed by atoms with van der Waals surface area (Å²) in [6, 6.07) is 13.3. The van der Waals surface area contributed by atoms with Crippen molar-refractivity contribution in [3.63, 3.8) is 0 Å². The highest BCUT2D eigenvalue weighted by Crippen LogP contribution is 2.34. The van der Waals surface area contributed by atoms with Gasteiger partial charge >= 0.3 is 0 Å². The Balaban J connectivity index is 1.49. The third kappa shape index (κ3) is 4.36. The average molecular weight is 426 g/mol. The van der Waals surface area contributed by atoms with Crippen molar-refractivity contribution >= 4 is 45.1 Å². The van der Waals surface area contributed by atoms with Gasteiger partial charge in [0.15, 0.2) is 0 Å². The van der Waals surface area contributed by atoms with E-state index in [0.29, 0.717) is 27.7 Å². The van der Waals surface area contributed by atoms with Crippen molar-refractivity contribution in [2.75, 3.05) is 18.2 Å². The normalized spacial score (nSPS) is 10.8. The summed E-state index contributed by atoms with van der Waals surface area (Å²) in [4.78, 5) is 20.9. The summed E-state index contributed by atoms with van der Waals surface area (Å²) in [5.41, 5.74) is 2.81. The van der Waals surface area contributed by atoms with Gasteiger partial charge in [-0.15, -0.1) is 0 Å². The molecule has 0 spiro atoms. The summed E-state index contributed by atoms with van der Waals surface area (Å²) in [6.45, 7) is 0. The fraction of sp³-hybridized carbons (Fsp3) is 0.100. The first-order valence-corrected chi connectivity index (χ1v) is 10.3. The van der Waals surface area contributed by atoms with Gasteiger partial charge in [-0.1, -0.05) is 17.8 Å². The number of aromatic nitrogens is 3. The highest BCUT2D eigenvalue weighted by atomic mass is 32.2. The van der Waals surface area contributed by atoms with E-state index in [9.17, 15) is 9.18 Å². The maximum absolute atomic E-state index is 13.2. The number of benzene rings is 2. The van der Waals surface area contributed by atoms with Gasteiger partial charge in [0.05, 0.1) is 12.9 Å². The average Bonchev–Trinajstić information content (AvgIpc) is 3.18. The van der Waals surface area contributed by atoms with E-state index in [4.69, 9.17) is 4.74 Å². The fourth-order valence-electron chi connectivity index (χ4n) is 2.67. The van der Waals surface area contributed by atoms with E-state index in [-0.39, 0.29) is 17.5 Å². The number of anilines is 1. The minimum absolute atomic E-state index is 0.154. The zero-order valence-electron chi connectivity index (χ0n) is 15.3. The molecule has 0 aliphatic rings. The maximum atomic E-state index is 13.2. The summed E-state index contributed by atoms with van der Waals surface area (Å²) in [5.74, 6) is 0.401. The van der Waals surface area contributed by atoms with Crippen LogP contribution in [-0.4, -0.2) is 33.1 Å². The minimum atomic E-state index is -0.304. The van der Waals surface area contributed by atoms with Crippen molar-refractivity contribution in [3.05, 3.63) is 60.7 Å². The van der Waals surface area contributed by atoms with Crippen LogP contribution in [0.2, 0.25) is 0 Å². The van der Waals surface area contributed by atoms with Gasteiger partial charge in [0.1, 0.15) is 38.8 Å². The molecule has 0 radical (unpaired) electrons. The molecule has 9 heteroatoms. The first-order valence-electron chi connectivity index (χ1n) is 8.57. The number of amides is 1. The van der Waals surface area contributed by atoms with Gasteiger partial charge in [-0.2, -0.15) is 4.37 Å². The first-order chi connectivity index (χ1) is 14.1. The molecule has 0 aliphatic heterocycles. The lowest BCUT2D eigenvalue weighted by molar-refractivity contribution is -0.113. The van der Waals surface area contributed by atoms with E-state index in [0.717, 1.165) is 10.3 Å². The zero-order valence-corrected chi connectivity index (χ0v) is 16.9. The molecule has 0 fully saturated rings. The Morgan fingerprint density at radius 3 is 2.83 bits per heavy atom. The number of carbonyl (C=O) groups excluding carboxylic acids is 1. The van der Waals surface area contributed by atoms with Gasteiger partial charge in [0.25, 0.3) is 0 Å². The fourth-order valence-corrected chi connectivity index (χ4v) is 4.39. The van der Waals surface area contributed by atoms with Crippen LogP contribution in [0.5, 0.6) is 5.75 Å². The maximum Gasteiger partial charge on any atom is 0.234 e. The van der Waals surface area contributed by atoms with Crippen LogP contribution in [0.15, 0.2) is 59.9 Å². The number of hydrogen-bond acceptors (Lipinski definition) is 7. The number of nitrogens with zero attached hydrogens (tertiary/aromatic N) is 3. The second kappa shape index (κ2) is 8.54. The largest absolute Gasteiger partial charge is 0.497 e. The molecule has 146 valence electrons. The number of thioether (sulfide) groups is 1. The van der Waals surface area contributed by atoms with E-state index in [1.165, 1.54) is 41.8 Å². The van der Waals surface area contributed by atoms with Crippen LogP contribution in [0.4, 0.5) is 10.1 Å². The monoisotopic (exact) mass is 426 g/mol. The van der Waals surface area contributed by atoms with E-state index >= 15 is 0 Å². The Labute approximate surface area is 174 Å². The van der Waals surface area contributed by atoms with Crippen molar-refractivity contribution in [2.24, 2.45) is 0 Å². The van der Waals surface area contributed by atoms with Crippen LogP contribution in [-0.2, 0) is 4.79 Å². The van der Waals surface area contributed by atoms with E-state index in [1.807, 2.05) is 12.1 Å². The number of nitrogens with one attached hydrogen (secondary N) is 1. The van der Waals surface area contributed by atoms with Gasteiger partial charge in [-0.25, -0.2) is 14.4 Å². The SMILES string of the molecule is COc1cccc(NC(=O)CSc2ncnc3c(-c4ccc(F)cc4)nsc23)c1. The highest BCUT2D eigenvalue weighted by molar-refractivity contribution is 8.00. The molecule has 0 saturated heterocycles. The molecule has 4 aromatic rings. The number of fused-ring (bicyclic) bond motifs is 1. The van der Waals surface area contributed by atoms with Gasteiger partial charge < -0.3 is 10.1 Å². The molecule has 6 nitrogen and oxygen atoms in total. The van der Waals surface area contributed by atoms with Gasteiger partial charge in [-0.3, -0.25) is 4.79 Å². The lowest BCUT2D eigenvalue weighted by Gasteiger charge is -2.07. The molecule has 0 saturated carbocycles. The standard InChI is InChI=1S/C20H15FN4O2S2/c1-27-15-4-2-3-14(9-15)24-16(26)10-28-20-19-18(22-11-23-20)17(25-29-19)12-5-7-13(21)8-6-12/h2-9,11H,10H2,1H3,(H,24,26). The molecular formula is C20H15FN4O2S2. The summed E-state index contributed by atoms with van der Waals surface area (Å²) in [7, 11) is 1.58. The lowest BCUT2D eigenvalue weighted by Crippen LogP contribution is -2.14. The summed E-state index contributed by atoms with van der Waals surface area (Å²) in [5, 5.41) is 3.52. The molecule has 0 unspecified atom stereocenters. The molecule has 4 rings (SSSR count). The van der Waals surface area contributed by atoms with Crippen LogP contribution in [0, 0.1) is 5.82 Å². The Morgan fingerprint density at radius 2 is 2.03 bits per heavy atom. The number of hydrogen-bond donors (Lipinski definition) is 1. The van der Waals surface area contributed by atoms with Crippen molar-refractivity contribution in [1.82, 2.24) is 14.3 Å². The molecule has 1 N–H and O–H groups in total. The third-order valence-electron chi connectivity index (χ3n) is 4.03. The van der Waals surface area contributed by atoms with Crippen molar-refractivity contribution in [2.45, 2.75) is 5.03 Å². The van der Waals surface area contributed by atoms with Crippen LogP contribution >= 0.6 is 23.3 Å². The minimum Gasteiger partial charge on any atom is -0.497 e. The second-order valence-electron chi connectivity index (χ2n) is 5.96. The second-order valence-corrected chi connectivity index (χ2v) is 7.70. The number of halogens is 1. The topological polar surface area (TPSA) is 77.0 Å². The highest BCUT2D eigenvalue weighted by Gasteiger charge is 2.15. The molecular weight excluding hydrogens is 411 g/mol. The zero-order chi connectivity index (χ0) is 20.2. The molecule has 0 aliphatic carbocycles. The van der Waals surface area contributed by atoms with E-state index in [2.05, 4.69) is 19.7 Å². The number of carbonyl (C=O) groups is 1. The first kappa shape index (κ1) is 19.3. The van der Waals surface area contributed by atoms with Crippen LogP contribution in [0.1, 0.15) is 0 Å². The molecule has 2 heterocycles. The molecule has 2 aromatic carbocycles. The quantitative estimate of drug-likeness (QED) is 0.358. The summed E-state index contributed by atoms with van der Waals surface area (Å²) >= 11 is 2.58. The molecule has 0 bridgehead atoms. The van der Waals surface area contributed by atoms with E-state index < -0.39 is 0 Å². The van der Waals surface area contributed by atoms with Gasteiger partial charge in [-0.05, 0) is 47.9 Å². The van der Waals surface area contributed by atoms with Crippen molar-refractivity contribution in [3.8, 4) is 17.0 Å². The van der Waals surface area contributed by atoms with Crippen LogP contribution in [0.25, 0.3) is 21.5 Å². The lowest BCUT2D eigenvalue weighted by atomic mass is 10.1. The number of methoxy groups -OCH3 is 1. The third-order valence-corrected chi connectivity index (χ3v) is 6.00.